The molecule has 0 saturated heterocycles. The first-order chi connectivity index (χ1) is 16.7. The maximum absolute atomic E-state index is 12.8. The number of ether oxygens (including phenoxy) is 1. The summed E-state index contributed by atoms with van der Waals surface area (Å²) in [5, 5.41) is 14.5. The van der Waals surface area contributed by atoms with Crippen molar-refractivity contribution in [2.75, 3.05) is 42.3 Å². The van der Waals surface area contributed by atoms with E-state index in [2.05, 4.69) is 10.6 Å². The number of benzene rings is 2. The third-order valence-corrected chi connectivity index (χ3v) is 5.25. The molecule has 2 aromatic rings. The fourth-order valence-corrected chi connectivity index (χ4v) is 3.42. The van der Waals surface area contributed by atoms with Gasteiger partial charge in [0, 0.05) is 37.5 Å². The van der Waals surface area contributed by atoms with E-state index in [4.69, 9.17) is 9.84 Å². The number of methoxy groups -OCH3 is 1. The summed E-state index contributed by atoms with van der Waals surface area (Å²) in [7, 11) is 1.43. The Balaban J connectivity index is 2.18. The lowest BCUT2D eigenvalue weighted by atomic mass is 10.2. The number of urea groups is 1. The Hall–Kier alpha value is -4.08. The zero-order chi connectivity index (χ0) is 26.0. The van der Waals surface area contributed by atoms with Gasteiger partial charge in [0.15, 0.2) is 0 Å². The number of amides is 4. The second-order valence-corrected chi connectivity index (χ2v) is 7.91. The minimum Gasteiger partial charge on any atom is -0.494 e. The van der Waals surface area contributed by atoms with E-state index in [9.17, 15) is 19.2 Å². The van der Waals surface area contributed by atoms with Crippen LogP contribution in [0, 0.1) is 6.92 Å². The molecule has 0 bridgehead atoms. The maximum atomic E-state index is 12.8. The molecule has 0 aliphatic rings. The van der Waals surface area contributed by atoms with Crippen molar-refractivity contribution in [1.82, 2.24) is 4.90 Å². The highest BCUT2D eigenvalue weighted by atomic mass is 16.5. The van der Waals surface area contributed by atoms with E-state index in [0.29, 0.717) is 35.8 Å². The lowest BCUT2D eigenvalue weighted by Gasteiger charge is -2.27. The molecule has 3 N–H and O–H groups in total. The number of carboxylic acids is 1. The number of carbonyl (C=O) groups is 4. The molecule has 0 atom stereocenters. The summed E-state index contributed by atoms with van der Waals surface area (Å²) in [6.07, 6.45) is 0.481. The number of para-hydroxylation sites is 1. The molecule has 10 nitrogen and oxygen atoms in total. The lowest BCUT2D eigenvalue weighted by Crippen LogP contribution is -2.43. The smallest absolute Gasteiger partial charge is 0.323 e. The summed E-state index contributed by atoms with van der Waals surface area (Å²) in [4.78, 5) is 51.3. The van der Waals surface area contributed by atoms with Crippen LogP contribution in [0.2, 0.25) is 0 Å². The molecule has 2 rings (SSSR count). The second-order valence-electron chi connectivity index (χ2n) is 7.91. The predicted octanol–water partition coefficient (Wildman–Crippen LogP) is 3.71. The molecule has 2 aromatic carbocycles. The van der Waals surface area contributed by atoms with E-state index in [1.807, 2.05) is 32.0 Å². The molecule has 0 radical (unpaired) electrons. The summed E-state index contributed by atoms with van der Waals surface area (Å²) in [5.74, 6) is -1.42. The highest BCUT2D eigenvalue weighted by molar-refractivity contribution is 6.02. The molecule has 0 saturated carbocycles. The number of aliphatic carboxylic acids is 1. The van der Waals surface area contributed by atoms with Gasteiger partial charge in [-0.3, -0.25) is 14.4 Å². The Labute approximate surface area is 204 Å². The van der Waals surface area contributed by atoms with Crippen molar-refractivity contribution in [3.05, 3.63) is 48.0 Å². The normalized spacial score (nSPS) is 10.3. The van der Waals surface area contributed by atoms with Crippen LogP contribution in [0.5, 0.6) is 5.75 Å². The first-order valence-electron chi connectivity index (χ1n) is 11.3. The lowest BCUT2D eigenvalue weighted by molar-refractivity contribution is -0.138. The molecule has 35 heavy (non-hydrogen) atoms. The molecule has 0 fully saturated rings. The summed E-state index contributed by atoms with van der Waals surface area (Å²) < 4.78 is 5.41. The summed E-state index contributed by atoms with van der Waals surface area (Å²) >= 11 is 0. The quantitative estimate of drug-likeness (QED) is 0.446. The minimum absolute atomic E-state index is 0.0654. The first kappa shape index (κ1) is 27.2. The second kappa shape index (κ2) is 13.0. The van der Waals surface area contributed by atoms with Gasteiger partial charge in [0.25, 0.3) is 0 Å². The van der Waals surface area contributed by atoms with E-state index in [-0.39, 0.29) is 31.3 Å². The van der Waals surface area contributed by atoms with E-state index in [1.165, 1.54) is 23.8 Å². The van der Waals surface area contributed by atoms with E-state index >= 15 is 0 Å². The van der Waals surface area contributed by atoms with Gasteiger partial charge >= 0.3 is 12.0 Å². The number of hydrogen-bond donors (Lipinski definition) is 3. The van der Waals surface area contributed by atoms with Gasteiger partial charge in [-0.2, -0.15) is 0 Å². The zero-order valence-corrected chi connectivity index (χ0v) is 20.5. The van der Waals surface area contributed by atoms with Crippen LogP contribution in [0.3, 0.4) is 0 Å². The third kappa shape index (κ3) is 8.02. The van der Waals surface area contributed by atoms with Gasteiger partial charge in [-0.25, -0.2) is 4.79 Å². The summed E-state index contributed by atoms with van der Waals surface area (Å²) in [6, 6.07) is 11.6. The van der Waals surface area contributed by atoms with Gasteiger partial charge in [0.1, 0.15) is 12.3 Å². The van der Waals surface area contributed by atoms with Gasteiger partial charge in [-0.05, 0) is 37.1 Å². The van der Waals surface area contributed by atoms with Crippen molar-refractivity contribution in [2.24, 2.45) is 0 Å². The van der Waals surface area contributed by atoms with Crippen molar-refractivity contribution >= 4 is 40.9 Å². The number of rotatable bonds is 11. The number of carboxylic acid groups (broad SMARTS) is 1. The van der Waals surface area contributed by atoms with Crippen molar-refractivity contribution in [1.29, 1.82) is 0 Å². The Morgan fingerprint density at radius 1 is 1.00 bits per heavy atom. The van der Waals surface area contributed by atoms with Crippen LogP contribution >= 0.6 is 0 Å². The number of nitrogens with zero attached hydrogens (tertiary/aromatic N) is 2. The average Bonchev–Trinajstić information content (AvgIpc) is 2.81. The number of carbonyl (C=O) groups excluding carboxylic acids is 3. The van der Waals surface area contributed by atoms with Crippen LogP contribution in [-0.2, 0) is 14.4 Å². The van der Waals surface area contributed by atoms with Crippen LogP contribution in [0.1, 0.15) is 32.3 Å². The van der Waals surface area contributed by atoms with Crippen molar-refractivity contribution in [3.8, 4) is 5.75 Å². The summed E-state index contributed by atoms with van der Waals surface area (Å²) in [5.41, 5.74) is 2.36. The monoisotopic (exact) mass is 484 g/mol. The topological polar surface area (TPSA) is 128 Å². The van der Waals surface area contributed by atoms with Gasteiger partial charge in [-0.15, -0.1) is 0 Å². The molecular formula is C25H32N4O6. The van der Waals surface area contributed by atoms with Crippen LogP contribution in [0.25, 0.3) is 0 Å². The van der Waals surface area contributed by atoms with Crippen molar-refractivity contribution in [2.45, 2.75) is 33.6 Å². The van der Waals surface area contributed by atoms with E-state index in [0.717, 1.165) is 5.56 Å². The third-order valence-electron chi connectivity index (χ3n) is 5.25. The number of aryl methyl sites for hydroxylation is 1. The van der Waals surface area contributed by atoms with Gasteiger partial charge in [0.05, 0.1) is 19.2 Å². The highest BCUT2D eigenvalue weighted by Gasteiger charge is 2.22. The van der Waals surface area contributed by atoms with Crippen molar-refractivity contribution in [3.63, 3.8) is 0 Å². The molecule has 0 aliphatic carbocycles. The Morgan fingerprint density at radius 2 is 1.69 bits per heavy atom. The molecule has 10 heteroatoms. The molecule has 0 unspecified atom stereocenters. The average molecular weight is 485 g/mol. The number of anilines is 3. The SMILES string of the molecule is CCCN(CCC(=O)O)C(=O)CN(C(C)=O)c1ccc(NC(=O)Nc2ccccc2C)c(OC)c1. The molecule has 4 amide bonds. The Morgan fingerprint density at radius 3 is 2.29 bits per heavy atom. The molecule has 0 spiro atoms. The van der Waals surface area contributed by atoms with Crippen molar-refractivity contribution < 1.29 is 29.0 Å². The van der Waals surface area contributed by atoms with Crippen LogP contribution in [0.15, 0.2) is 42.5 Å². The van der Waals surface area contributed by atoms with Crippen LogP contribution in [0.4, 0.5) is 21.9 Å². The highest BCUT2D eigenvalue weighted by Crippen LogP contribution is 2.30. The molecule has 0 aliphatic heterocycles. The fraction of sp³-hybridized carbons (Fsp3) is 0.360. The predicted molar refractivity (Wildman–Crippen MR) is 134 cm³/mol. The fourth-order valence-electron chi connectivity index (χ4n) is 3.42. The largest absolute Gasteiger partial charge is 0.494 e. The Kier molecular flexibility index (Phi) is 10.1. The van der Waals surface area contributed by atoms with Crippen LogP contribution in [-0.4, -0.2) is 60.6 Å². The van der Waals surface area contributed by atoms with E-state index < -0.39 is 12.0 Å². The zero-order valence-electron chi connectivity index (χ0n) is 20.5. The number of nitrogens with one attached hydrogen (secondary N) is 2. The maximum Gasteiger partial charge on any atom is 0.323 e. The van der Waals surface area contributed by atoms with Gasteiger partial charge in [-0.1, -0.05) is 25.1 Å². The van der Waals surface area contributed by atoms with Gasteiger partial charge in [0.2, 0.25) is 11.8 Å². The molecule has 0 aromatic heterocycles. The molecular weight excluding hydrogens is 452 g/mol. The van der Waals surface area contributed by atoms with Gasteiger partial charge < -0.3 is 30.3 Å². The number of hydrogen-bond acceptors (Lipinski definition) is 5. The standard InChI is InChI=1S/C25H32N4O6/c1-5-13-28(14-12-24(32)33)23(31)16-29(18(3)30)19-10-11-21(22(15-19)35-4)27-25(34)26-20-9-7-6-8-17(20)2/h6-11,15H,5,12-14,16H2,1-4H3,(H,32,33)(H2,26,27,34). The minimum atomic E-state index is -0.999. The van der Waals surface area contributed by atoms with E-state index in [1.54, 1.807) is 24.3 Å². The molecule has 0 heterocycles. The Bertz CT molecular complexity index is 1070. The van der Waals surface area contributed by atoms with Crippen LogP contribution < -0.4 is 20.3 Å². The summed E-state index contributed by atoms with van der Waals surface area (Å²) in [6.45, 7) is 5.30. The first-order valence-corrected chi connectivity index (χ1v) is 11.3. The molecule has 188 valence electrons.